The molecule has 0 bridgehead atoms. The first-order chi connectivity index (χ1) is 10.7. The first-order valence-corrected chi connectivity index (χ1v) is 7.16. The second-order valence-corrected chi connectivity index (χ2v) is 5.28. The molecule has 0 saturated carbocycles. The molecule has 0 N–H and O–H groups in total. The van der Waals surface area contributed by atoms with E-state index in [9.17, 15) is 4.39 Å². The zero-order valence-corrected chi connectivity index (χ0v) is 12.3. The third kappa shape index (κ3) is 2.98. The predicted octanol–water partition coefficient (Wildman–Crippen LogP) is 2.12. The minimum absolute atomic E-state index is 0.347. The summed E-state index contributed by atoms with van der Waals surface area (Å²) in [6.45, 7) is 4.96. The minimum atomic E-state index is -0.376. The van der Waals surface area contributed by atoms with Gasteiger partial charge in [0.05, 0.1) is 11.6 Å². The van der Waals surface area contributed by atoms with Crippen molar-refractivity contribution in [1.29, 1.82) is 5.26 Å². The van der Waals surface area contributed by atoms with Crippen molar-refractivity contribution in [3.8, 4) is 6.07 Å². The minimum Gasteiger partial charge on any atom is -0.368 e. The van der Waals surface area contributed by atoms with E-state index in [4.69, 9.17) is 5.26 Å². The van der Waals surface area contributed by atoms with E-state index in [0.29, 0.717) is 5.56 Å². The van der Waals surface area contributed by atoms with Crippen molar-refractivity contribution in [2.45, 2.75) is 6.92 Å². The Labute approximate surface area is 128 Å². The monoisotopic (exact) mass is 297 g/mol. The molecule has 5 nitrogen and oxygen atoms in total. The van der Waals surface area contributed by atoms with Gasteiger partial charge in [0.15, 0.2) is 0 Å². The van der Waals surface area contributed by atoms with Crippen LogP contribution >= 0.6 is 0 Å². The summed E-state index contributed by atoms with van der Waals surface area (Å²) in [5.74, 6) is 0.357. The molecule has 3 rings (SSSR count). The molecule has 112 valence electrons. The molecule has 0 radical (unpaired) electrons. The van der Waals surface area contributed by atoms with E-state index in [1.807, 2.05) is 19.1 Å². The number of aromatic nitrogens is 2. The van der Waals surface area contributed by atoms with Crippen LogP contribution in [0.15, 0.2) is 30.5 Å². The lowest BCUT2D eigenvalue weighted by Gasteiger charge is -2.36. The maximum Gasteiger partial charge on any atom is 0.225 e. The van der Waals surface area contributed by atoms with Gasteiger partial charge in [0.1, 0.15) is 5.82 Å². The average Bonchev–Trinajstić information content (AvgIpc) is 2.54. The van der Waals surface area contributed by atoms with Crippen LogP contribution in [0.1, 0.15) is 11.3 Å². The number of hydrogen-bond donors (Lipinski definition) is 0. The number of halogens is 1. The van der Waals surface area contributed by atoms with Gasteiger partial charge in [-0.25, -0.2) is 14.4 Å². The molecule has 0 aliphatic carbocycles. The smallest absolute Gasteiger partial charge is 0.225 e. The molecule has 1 saturated heterocycles. The number of rotatable bonds is 2. The van der Waals surface area contributed by atoms with Crippen LogP contribution in [0.5, 0.6) is 0 Å². The van der Waals surface area contributed by atoms with Gasteiger partial charge in [-0.2, -0.15) is 5.26 Å². The largest absolute Gasteiger partial charge is 0.368 e. The average molecular weight is 297 g/mol. The van der Waals surface area contributed by atoms with E-state index < -0.39 is 0 Å². The fraction of sp³-hybridized carbons (Fsp3) is 0.312. The summed E-state index contributed by atoms with van der Waals surface area (Å²) in [4.78, 5) is 12.9. The summed E-state index contributed by atoms with van der Waals surface area (Å²) < 4.78 is 13.5. The van der Waals surface area contributed by atoms with Crippen LogP contribution in [0.4, 0.5) is 16.0 Å². The number of nitrogens with zero attached hydrogens (tertiary/aromatic N) is 5. The van der Waals surface area contributed by atoms with Crippen LogP contribution in [0.3, 0.4) is 0 Å². The van der Waals surface area contributed by atoms with Gasteiger partial charge < -0.3 is 9.80 Å². The van der Waals surface area contributed by atoms with Crippen molar-refractivity contribution < 1.29 is 4.39 Å². The molecule has 0 spiro atoms. The van der Waals surface area contributed by atoms with Crippen LogP contribution in [-0.2, 0) is 0 Å². The second kappa shape index (κ2) is 5.98. The molecule has 2 heterocycles. The Hall–Kier alpha value is -2.68. The third-order valence-electron chi connectivity index (χ3n) is 3.72. The van der Waals surface area contributed by atoms with Crippen molar-refractivity contribution in [1.82, 2.24) is 9.97 Å². The van der Waals surface area contributed by atoms with Crippen molar-refractivity contribution >= 4 is 11.6 Å². The van der Waals surface area contributed by atoms with Crippen molar-refractivity contribution in [2.24, 2.45) is 0 Å². The lowest BCUT2D eigenvalue weighted by atomic mass is 10.2. The highest BCUT2D eigenvalue weighted by Gasteiger charge is 2.20. The summed E-state index contributed by atoms with van der Waals surface area (Å²) >= 11 is 0. The second-order valence-electron chi connectivity index (χ2n) is 5.28. The maximum absolute atomic E-state index is 13.5. The van der Waals surface area contributed by atoms with Crippen LogP contribution < -0.4 is 9.80 Å². The number of anilines is 2. The van der Waals surface area contributed by atoms with Gasteiger partial charge in [-0.15, -0.1) is 0 Å². The van der Waals surface area contributed by atoms with Crippen LogP contribution in [0.25, 0.3) is 0 Å². The van der Waals surface area contributed by atoms with Crippen LogP contribution in [0, 0.1) is 24.1 Å². The molecule has 2 aromatic rings. The predicted molar refractivity (Wildman–Crippen MR) is 82.3 cm³/mol. The Balaban J connectivity index is 1.72. The Morgan fingerprint density at radius 2 is 1.86 bits per heavy atom. The molecule has 1 fully saturated rings. The molecule has 6 heteroatoms. The van der Waals surface area contributed by atoms with E-state index >= 15 is 0 Å². The zero-order valence-electron chi connectivity index (χ0n) is 12.3. The van der Waals surface area contributed by atoms with Gasteiger partial charge in [0, 0.05) is 43.8 Å². The lowest BCUT2D eigenvalue weighted by molar-refractivity contribution is 0.617. The van der Waals surface area contributed by atoms with Gasteiger partial charge in [0.25, 0.3) is 0 Å². The molecular weight excluding hydrogens is 281 g/mol. The summed E-state index contributed by atoms with van der Waals surface area (Å²) in [7, 11) is 0. The quantitative estimate of drug-likeness (QED) is 0.850. The van der Waals surface area contributed by atoms with E-state index in [1.165, 1.54) is 12.1 Å². The molecule has 22 heavy (non-hydrogen) atoms. The standard InChI is InChI=1S/C16H16FN5/c1-12-2-3-19-16(20-12)22-6-4-21(5-7-22)15-9-13(11-18)8-14(17)10-15/h2-3,8-10H,4-7H2,1H3. The van der Waals surface area contributed by atoms with Crippen molar-refractivity contribution in [2.75, 3.05) is 36.0 Å². The summed E-state index contributed by atoms with van der Waals surface area (Å²) in [5.41, 5.74) is 2.04. The van der Waals surface area contributed by atoms with Gasteiger partial charge >= 0.3 is 0 Å². The van der Waals surface area contributed by atoms with Crippen LogP contribution in [0.2, 0.25) is 0 Å². The molecule has 0 atom stereocenters. The fourth-order valence-electron chi connectivity index (χ4n) is 2.57. The first-order valence-electron chi connectivity index (χ1n) is 7.16. The first kappa shape index (κ1) is 14.3. The molecule has 0 amide bonds. The topological polar surface area (TPSA) is 56.1 Å². The lowest BCUT2D eigenvalue weighted by Crippen LogP contribution is -2.47. The Bertz CT molecular complexity index is 717. The molecule has 1 aliphatic heterocycles. The van der Waals surface area contributed by atoms with Gasteiger partial charge in [0.2, 0.25) is 5.95 Å². The fourth-order valence-corrected chi connectivity index (χ4v) is 2.57. The van der Waals surface area contributed by atoms with Crippen molar-refractivity contribution in [3.63, 3.8) is 0 Å². The SMILES string of the molecule is Cc1ccnc(N2CCN(c3cc(F)cc(C#N)c3)CC2)n1. The number of benzene rings is 1. The normalized spacial score (nSPS) is 14.8. The summed E-state index contributed by atoms with van der Waals surface area (Å²) in [5, 5.41) is 8.94. The third-order valence-corrected chi connectivity index (χ3v) is 3.72. The molecule has 0 unspecified atom stereocenters. The van der Waals surface area contributed by atoms with Gasteiger partial charge in [-0.1, -0.05) is 0 Å². The Morgan fingerprint density at radius 1 is 1.14 bits per heavy atom. The number of piperazine rings is 1. The summed E-state index contributed by atoms with van der Waals surface area (Å²) in [6, 6.07) is 8.31. The van der Waals surface area contributed by atoms with E-state index in [-0.39, 0.29) is 5.82 Å². The Morgan fingerprint density at radius 3 is 2.55 bits per heavy atom. The van der Waals surface area contributed by atoms with Crippen LogP contribution in [-0.4, -0.2) is 36.1 Å². The number of nitriles is 1. The highest BCUT2D eigenvalue weighted by Crippen LogP contribution is 2.21. The van der Waals surface area contributed by atoms with E-state index in [2.05, 4.69) is 19.8 Å². The highest BCUT2D eigenvalue weighted by molar-refractivity contribution is 5.53. The van der Waals surface area contributed by atoms with Gasteiger partial charge in [-0.05, 0) is 31.2 Å². The highest BCUT2D eigenvalue weighted by atomic mass is 19.1. The number of aryl methyl sites for hydroxylation is 1. The zero-order chi connectivity index (χ0) is 15.5. The summed E-state index contributed by atoms with van der Waals surface area (Å²) in [6.07, 6.45) is 1.76. The Kier molecular flexibility index (Phi) is 3.88. The number of hydrogen-bond acceptors (Lipinski definition) is 5. The van der Waals surface area contributed by atoms with E-state index in [0.717, 1.165) is 43.5 Å². The molecule has 1 aromatic heterocycles. The molecule has 1 aliphatic rings. The maximum atomic E-state index is 13.5. The molecule has 1 aromatic carbocycles. The van der Waals surface area contributed by atoms with E-state index in [1.54, 1.807) is 12.3 Å². The van der Waals surface area contributed by atoms with Crippen molar-refractivity contribution in [3.05, 3.63) is 47.5 Å². The molecular formula is C16H16FN5. The van der Waals surface area contributed by atoms with Gasteiger partial charge in [-0.3, -0.25) is 0 Å².